The zero-order valence-electron chi connectivity index (χ0n) is 9.48. The van der Waals surface area contributed by atoms with Crippen LogP contribution in [0.1, 0.15) is 31.0 Å². The second-order valence-corrected chi connectivity index (χ2v) is 3.56. The molecular weight excluding hydrogens is 204 g/mol. The molecule has 1 aromatic heterocycles. The fourth-order valence-electron chi connectivity index (χ4n) is 1.31. The standard InChI is InChI=1S/C11H18N4O/c1-2-3-5-13-8-9-4-6-14-10(7-9)11(12)15-16/h4,6-7,13,16H,2-3,5,8H2,1H3,(H2,12,15). The van der Waals surface area contributed by atoms with Crippen LogP contribution in [0, 0.1) is 0 Å². The third-order valence-electron chi connectivity index (χ3n) is 2.23. The van der Waals surface area contributed by atoms with E-state index in [-0.39, 0.29) is 5.84 Å². The van der Waals surface area contributed by atoms with E-state index in [9.17, 15) is 0 Å². The molecule has 0 atom stereocenters. The van der Waals surface area contributed by atoms with Crippen LogP contribution < -0.4 is 11.1 Å². The Balaban J connectivity index is 2.54. The van der Waals surface area contributed by atoms with Gasteiger partial charge in [-0.05, 0) is 30.7 Å². The fourth-order valence-corrected chi connectivity index (χ4v) is 1.31. The normalized spacial score (nSPS) is 11.7. The van der Waals surface area contributed by atoms with Crippen LogP contribution in [-0.4, -0.2) is 22.6 Å². The summed E-state index contributed by atoms with van der Waals surface area (Å²) in [6, 6.07) is 3.72. The summed E-state index contributed by atoms with van der Waals surface area (Å²) in [7, 11) is 0. The van der Waals surface area contributed by atoms with Crippen molar-refractivity contribution in [2.75, 3.05) is 6.54 Å². The minimum Gasteiger partial charge on any atom is -0.409 e. The molecule has 88 valence electrons. The van der Waals surface area contributed by atoms with Crippen molar-refractivity contribution in [2.24, 2.45) is 10.9 Å². The Morgan fingerprint density at radius 2 is 2.44 bits per heavy atom. The Hall–Kier alpha value is -1.62. The Labute approximate surface area is 95.4 Å². The van der Waals surface area contributed by atoms with Gasteiger partial charge in [-0.15, -0.1) is 0 Å². The molecule has 0 saturated heterocycles. The third-order valence-corrected chi connectivity index (χ3v) is 2.23. The van der Waals surface area contributed by atoms with Crippen molar-refractivity contribution in [3.63, 3.8) is 0 Å². The lowest BCUT2D eigenvalue weighted by Crippen LogP contribution is -2.17. The lowest BCUT2D eigenvalue weighted by molar-refractivity contribution is 0.318. The lowest BCUT2D eigenvalue weighted by atomic mass is 10.2. The van der Waals surface area contributed by atoms with Gasteiger partial charge in [-0.2, -0.15) is 0 Å². The molecule has 0 aliphatic heterocycles. The average molecular weight is 222 g/mol. The molecule has 5 heteroatoms. The van der Waals surface area contributed by atoms with E-state index in [1.54, 1.807) is 6.20 Å². The maximum Gasteiger partial charge on any atom is 0.188 e. The van der Waals surface area contributed by atoms with E-state index in [0.717, 1.165) is 25.1 Å². The zero-order valence-corrected chi connectivity index (χ0v) is 9.48. The number of aromatic nitrogens is 1. The van der Waals surface area contributed by atoms with Gasteiger partial charge in [0.05, 0.1) is 0 Å². The van der Waals surface area contributed by atoms with Gasteiger partial charge in [-0.25, -0.2) is 0 Å². The predicted octanol–water partition coefficient (Wildman–Crippen LogP) is 1.07. The molecule has 0 aliphatic carbocycles. The van der Waals surface area contributed by atoms with Crippen molar-refractivity contribution in [3.05, 3.63) is 29.6 Å². The second kappa shape index (κ2) is 6.79. The SMILES string of the molecule is CCCCNCc1ccnc(C(N)=NO)c1. The van der Waals surface area contributed by atoms with Gasteiger partial charge < -0.3 is 16.3 Å². The molecule has 0 amide bonds. The Kier molecular flexibility index (Phi) is 5.28. The van der Waals surface area contributed by atoms with Gasteiger partial charge in [0.2, 0.25) is 0 Å². The van der Waals surface area contributed by atoms with Gasteiger partial charge in [0, 0.05) is 12.7 Å². The number of oxime groups is 1. The maximum atomic E-state index is 8.53. The molecule has 4 N–H and O–H groups in total. The molecule has 0 spiro atoms. The van der Waals surface area contributed by atoms with E-state index in [4.69, 9.17) is 10.9 Å². The largest absolute Gasteiger partial charge is 0.409 e. The van der Waals surface area contributed by atoms with Crippen molar-refractivity contribution in [2.45, 2.75) is 26.3 Å². The highest BCUT2D eigenvalue weighted by Crippen LogP contribution is 2.01. The summed E-state index contributed by atoms with van der Waals surface area (Å²) in [6.45, 7) is 3.93. The number of nitrogens with one attached hydrogen (secondary N) is 1. The summed E-state index contributed by atoms with van der Waals surface area (Å²) in [5.74, 6) is 0.0374. The van der Waals surface area contributed by atoms with Crippen molar-refractivity contribution in [3.8, 4) is 0 Å². The second-order valence-electron chi connectivity index (χ2n) is 3.56. The molecule has 1 heterocycles. The van der Waals surface area contributed by atoms with E-state index in [1.165, 1.54) is 6.42 Å². The molecule has 1 aromatic rings. The van der Waals surface area contributed by atoms with Gasteiger partial charge in [-0.1, -0.05) is 18.5 Å². The molecule has 5 nitrogen and oxygen atoms in total. The first-order valence-corrected chi connectivity index (χ1v) is 5.41. The van der Waals surface area contributed by atoms with Crippen LogP contribution >= 0.6 is 0 Å². The predicted molar refractivity (Wildman–Crippen MR) is 63.4 cm³/mol. The molecular formula is C11H18N4O. The Morgan fingerprint density at radius 3 is 3.12 bits per heavy atom. The molecule has 0 saturated carbocycles. The minimum atomic E-state index is 0.0374. The van der Waals surface area contributed by atoms with Crippen LogP contribution in [0.3, 0.4) is 0 Å². The van der Waals surface area contributed by atoms with Crippen molar-refractivity contribution in [1.29, 1.82) is 0 Å². The van der Waals surface area contributed by atoms with Crippen LogP contribution in [0.15, 0.2) is 23.5 Å². The maximum absolute atomic E-state index is 8.53. The molecule has 0 unspecified atom stereocenters. The fraction of sp³-hybridized carbons (Fsp3) is 0.455. The van der Waals surface area contributed by atoms with Gasteiger partial charge >= 0.3 is 0 Å². The summed E-state index contributed by atoms with van der Waals surface area (Å²) in [5, 5.41) is 14.8. The number of nitrogens with two attached hydrogens (primary N) is 1. The number of hydrogen-bond acceptors (Lipinski definition) is 4. The summed E-state index contributed by atoms with van der Waals surface area (Å²) in [4.78, 5) is 4.01. The zero-order chi connectivity index (χ0) is 11.8. The van der Waals surface area contributed by atoms with E-state index >= 15 is 0 Å². The smallest absolute Gasteiger partial charge is 0.188 e. The first-order chi connectivity index (χ1) is 7.77. The number of nitrogens with zero attached hydrogens (tertiary/aromatic N) is 2. The van der Waals surface area contributed by atoms with Gasteiger partial charge in [0.25, 0.3) is 0 Å². The Bertz CT molecular complexity index is 352. The molecule has 16 heavy (non-hydrogen) atoms. The molecule has 1 rings (SSSR count). The van der Waals surface area contributed by atoms with Gasteiger partial charge in [-0.3, -0.25) is 4.98 Å². The molecule has 0 radical (unpaired) electrons. The highest BCUT2D eigenvalue weighted by molar-refractivity contribution is 5.95. The minimum absolute atomic E-state index is 0.0374. The lowest BCUT2D eigenvalue weighted by Gasteiger charge is -2.05. The average Bonchev–Trinajstić information content (AvgIpc) is 2.34. The van der Waals surface area contributed by atoms with Crippen molar-refractivity contribution < 1.29 is 5.21 Å². The quantitative estimate of drug-likeness (QED) is 0.221. The van der Waals surface area contributed by atoms with Gasteiger partial charge in [0.1, 0.15) is 5.69 Å². The van der Waals surface area contributed by atoms with Crippen LogP contribution in [0.2, 0.25) is 0 Å². The summed E-state index contributed by atoms with van der Waals surface area (Å²) >= 11 is 0. The van der Waals surface area contributed by atoms with E-state index in [0.29, 0.717) is 5.69 Å². The highest BCUT2D eigenvalue weighted by atomic mass is 16.4. The first-order valence-electron chi connectivity index (χ1n) is 5.41. The van der Waals surface area contributed by atoms with E-state index in [2.05, 4.69) is 22.4 Å². The Morgan fingerprint density at radius 1 is 1.62 bits per heavy atom. The van der Waals surface area contributed by atoms with Crippen LogP contribution in [0.25, 0.3) is 0 Å². The summed E-state index contributed by atoms with van der Waals surface area (Å²) in [5.41, 5.74) is 7.03. The number of pyridine rings is 1. The summed E-state index contributed by atoms with van der Waals surface area (Å²) < 4.78 is 0. The topological polar surface area (TPSA) is 83.5 Å². The molecule has 0 bridgehead atoms. The molecule has 0 fully saturated rings. The molecule has 0 aliphatic rings. The number of unbranched alkanes of at least 4 members (excludes halogenated alkanes) is 1. The number of rotatable bonds is 6. The first kappa shape index (κ1) is 12.4. The van der Waals surface area contributed by atoms with Crippen molar-refractivity contribution >= 4 is 5.84 Å². The van der Waals surface area contributed by atoms with Crippen LogP contribution in [0.5, 0.6) is 0 Å². The van der Waals surface area contributed by atoms with E-state index < -0.39 is 0 Å². The highest BCUT2D eigenvalue weighted by Gasteiger charge is 2.01. The number of hydrogen-bond donors (Lipinski definition) is 3. The third kappa shape index (κ3) is 3.86. The van der Waals surface area contributed by atoms with Crippen LogP contribution in [-0.2, 0) is 6.54 Å². The van der Waals surface area contributed by atoms with Gasteiger partial charge in [0.15, 0.2) is 5.84 Å². The number of amidine groups is 1. The molecule has 0 aromatic carbocycles. The monoisotopic (exact) mass is 222 g/mol. The van der Waals surface area contributed by atoms with E-state index in [1.807, 2.05) is 12.1 Å². The van der Waals surface area contributed by atoms with Crippen molar-refractivity contribution in [1.82, 2.24) is 10.3 Å². The van der Waals surface area contributed by atoms with Crippen LogP contribution in [0.4, 0.5) is 0 Å². The summed E-state index contributed by atoms with van der Waals surface area (Å²) in [6.07, 6.45) is 4.00.